The molecule has 1 saturated heterocycles. The number of nitrogens with zero attached hydrogens (tertiary/aromatic N) is 1. The first-order valence-corrected chi connectivity index (χ1v) is 12.7. The molecule has 2 aromatic carbocycles. The molecule has 3 rings (SSSR count). The summed E-state index contributed by atoms with van der Waals surface area (Å²) in [5.74, 6) is -4.56. The Labute approximate surface area is 229 Å². The van der Waals surface area contributed by atoms with Gasteiger partial charge in [-0.2, -0.15) is 5.26 Å². The summed E-state index contributed by atoms with van der Waals surface area (Å²) in [4.78, 5) is 24.5. The van der Waals surface area contributed by atoms with E-state index < -0.39 is 71.5 Å². The number of nitriles is 1. The number of nitrogens with one attached hydrogen (secondary N) is 1. The van der Waals surface area contributed by atoms with Gasteiger partial charge in [0.25, 0.3) is 0 Å². The second-order valence-corrected chi connectivity index (χ2v) is 11.5. The normalized spacial score (nSPS) is 24.0. The molecule has 2 aromatic rings. The number of aliphatic hydroxyl groups excluding tert-OH is 1. The Morgan fingerprint density at radius 3 is 2.39 bits per heavy atom. The molecule has 1 aliphatic heterocycles. The van der Waals surface area contributed by atoms with Crippen LogP contribution in [0.25, 0.3) is 0 Å². The number of primary amides is 1. The number of hydrogen-bond acceptors (Lipinski definition) is 6. The number of amides is 1. The lowest BCUT2D eigenvalue weighted by Crippen LogP contribution is -2.44. The summed E-state index contributed by atoms with van der Waals surface area (Å²) in [5.41, 5.74) is 2.72. The van der Waals surface area contributed by atoms with Crippen LogP contribution < -0.4 is 11.1 Å². The number of rotatable bonds is 8. The van der Waals surface area contributed by atoms with Gasteiger partial charge in [0.05, 0.1) is 18.6 Å². The summed E-state index contributed by atoms with van der Waals surface area (Å²) in [6.07, 6.45) is -1.52. The van der Waals surface area contributed by atoms with Gasteiger partial charge in [0.1, 0.15) is 29.7 Å². The average Bonchev–Trinajstić information content (AvgIpc) is 3.11. The zero-order chi connectivity index (χ0) is 28.4. The van der Waals surface area contributed by atoms with Crippen LogP contribution in [0.5, 0.6) is 0 Å². The standard InChI is InChI=1S/C27H29Cl2F2N3O4/c1-26(2,3)11-21-27(13-32,18-6-4-15(29)9-20(18)31)23(17-8-14(28)5-7-19(17)30)24(34-21)25(37)38-12-16(35)10-22(33)36/h4-9,16,21,23-24,34-35H,10-12H2,1-3H3,(H2,33,36)/t16-,21-,23-,24+,27-/m0/s1. The summed E-state index contributed by atoms with van der Waals surface area (Å²) in [7, 11) is 0. The third-order valence-corrected chi connectivity index (χ3v) is 7.00. The first-order valence-electron chi connectivity index (χ1n) is 11.9. The Kier molecular flexibility index (Phi) is 9.04. The van der Waals surface area contributed by atoms with E-state index in [0.717, 1.165) is 12.1 Å². The molecule has 7 nitrogen and oxygen atoms in total. The third-order valence-electron chi connectivity index (χ3n) is 6.53. The number of ether oxygens (including phenoxy) is 1. The van der Waals surface area contributed by atoms with Gasteiger partial charge >= 0.3 is 5.97 Å². The number of halogens is 4. The van der Waals surface area contributed by atoms with E-state index in [1.165, 1.54) is 24.3 Å². The molecule has 1 aliphatic rings. The summed E-state index contributed by atoms with van der Waals surface area (Å²) in [5, 5.41) is 24.1. The maximum Gasteiger partial charge on any atom is 0.323 e. The van der Waals surface area contributed by atoms with E-state index in [4.69, 9.17) is 33.7 Å². The Morgan fingerprint density at radius 1 is 1.18 bits per heavy atom. The fraction of sp³-hybridized carbons (Fsp3) is 0.444. The van der Waals surface area contributed by atoms with Crippen molar-refractivity contribution in [2.24, 2.45) is 11.1 Å². The van der Waals surface area contributed by atoms with Crippen LogP contribution >= 0.6 is 23.2 Å². The lowest BCUT2D eigenvalue weighted by atomic mass is 9.62. The molecule has 0 spiro atoms. The lowest BCUT2D eigenvalue weighted by Gasteiger charge is -2.37. The monoisotopic (exact) mass is 567 g/mol. The first kappa shape index (κ1) is 29.8. The molecule has 11 heteroatoms. The zero-order valence-corrected chi connectivity index (χ0v) is 22.6. The van der Waals surface area contributed by atoms with Crippen LogP contribution in [0.3, 0.4) is 0 Å². The molecule has 1 fully saturated rings. The van der Waals surface area contributed by atoms with Crippen LogP contribution in [-0.2, 0) is 19.7 Å². The quantitative estimate of drug-likeness (QED) is 0.406. The maximum absolute atomic E-state index is 15.5. The number of aliphatic hydroxyl groups is 1. The lowest BCUT2D eigenvalue weighted by molar-refractivity contribution is -0.150. The summed E-state index contributed by atoms with van der Waals surface area (Å²) >= 11 is 12.2. The van der Waals surface area contributed by atoms with Gasteiger partial charge in [-0.25, -0.2) is 8.78 Å². The molecule has 1 heterocycles. The molecule has 1 amide bonds. The zero-order valence-electron chi connectivity index (χ0n) is 21.1. The molecule has 38 heavy (non-hydrogen) atoms. The summed E-state index contributed by atoms with van der Waals surface area (Å²) in [6, 6.07) is 7.59. The number of esters is 1. The molecule has 5 atom stereocenters. The molecule has 0 unspecified atom stereocenters. The van der Waals surface area contributed by atoms with Crippen LogP contribution in [0.4, 0.5) is 8.78 Å². The van der Waals surface area contributed by atoms with E-state index >= 15 is 8.78 Å². The Bertz CT molecular complexity index is 1260. The van der Waals surface area contributed by atoms with Crippen molar-refractivity contribution in [3.63, 3.8) is 0 Å². The van der Waals surface area contributed by atoms with Crippen LogP contribution in [0.15, 0.2) is 36.4 Å². The second kappa shape index (κ2) is 11.5. The van der Waals surface area contributed by atoms with Crippen LogP contribution in [0.2, 0.25) is 10.0 Å². The van der Waals surface area contributed by atoms with Crippen molar-refractivity contribution in [3.8, 4) is 6.07 Å². The molecule has 0 bridgehead atoms. The average molecular weight is 568 g/mol. The van der Waals surface area contributed by atoms with Crippen LogP contribution in [-0.4, -0.2) is 41.8 Å². The van der Waals surface area contributed by atoms with Gasteiger partial charge in [-0.1, -0.05) is 50.0 Å². The highest BCUT2D eigenvalue weighted by atomic mass is 35.5. The minimum Gasteiger partial charge on any atom is -0.462 e. The van der Waals surface area contributed by atoms with Crippen molar-refractivity contribution in [3.05, 3.63) is 69.2 Å². The van der Waals surface area contributed by atoms with Gasteiger partial charge in [0.15, 0.2) is 0 Å². The summed E-state index contributed by atoms with van der Waals surface area (Å²) in [6.45, 7) is 5.17. The van der Waals surface area contributed by atoms with Gasteiger partial charge in [-0.15, -0.1) is 0 Å². The van der Waals surface area contributed by atoms with E-state index in [1.807, 2.05) is 20.8 Å². The minimum atomic E-state index is -1.80. The number of hydrogen-bond donors (Lipinski definition) is 3. The van der Waals surface area contributed by atoms with Gasteiger partial charge in [0, 0.05) is 27.6 Å². The predicted octanol–water partition coefficient (Wildman–Crippen LogP) is 4.37. The fourth-order valence-electron chi connectivity index (χ4n) is 5.09. The molecule has 0 radical (unpaired) electrons. The van der Waals surface area contributed by atoms with Gasteiger partial charge in [-0.05, 0) is 47.7 Å². The predicted molar refractivity (Wildman–Crippen MR) is 138 cm³/mol. The number of carbonyl (C=O) groups is 2. The smallest absolute Gasteiger partial charge is 0.323 e. The molecule has 0 saturated carbocycles. The Balaban J connectivity index is 2.23. The third kappa shape index (κ3) is 6.26. The van der Waals surface area contributed by atoms with Gasteiger partial charge in [-0.3, -0.25) is 14.9 Å². The first-order chi connectivity index (χ1) is 17.7. The number of nitrogens with two attached hydrogens (primary N) is 1. The molecule has 204 valence electrons. The molecular weight excluding hydrogens is 539 g/mol. The number of carbonyl (C=O) groups excluding carboxylic acids is 2. The van der Waals surface area contributed by atoms with Crippen LogP contribution in [0.1, 0.15) is 50.7 Å². The van der Waals surface area contributed by atoms with Crippen molar-refractivity contribution in [1.29, 1.82) is 5.26 Å². The van der Waals surface area contributed by atoms with Crippen LogP contribution in [0, 0.1) is 28.4 Å². The highest BCUT2D eigenvalue weighted by Gasteiger charge is 2.61. The Morgan fingerprint density at radius 2 is 1.82 bits per heavy atom. The highest BCUT2D eigenvalue weighted by Crippen LogP contribution is 2.52. The minimum absolute atomic E-state index is 0.0698. The second-order valence-electron chi connectivity index (χ2n) is 10.7. The van der Waals surface area contributed by atoms with Crippen molar-refractivity contribution in [2.45, 2.75) is 63.1 Å². The maximum atomic E-state index is 15.5. The van der Waals surface area contributed by atoms with E-state index in [9.17, 15) is 20.0 Å². The van der Waals surface area contributed by atoms with Crippen molar-refractivity contribution in [2.75, 3.05) is 6.61 Å². The van der Waals surface area contributed by atoms with E-state index in [-0.39, 0.29) is 27.6 Å². The van der Waals surface area contributed by atoms with E-state index in [0.29, 0.717) is 0 Å². The van der Waals surface area contributed by atoms with E-state index in [2.05, 4.69) is 11.4 Å². The summed E-state index contributed by atoms with van der Waals surface area (Å²) < 4.78 is 36.2. The molecular formula is C27H29Cl2F2N3O4. The van der Waals surface area contributed by atoms with Crippen molar-refractivity contribution in [1.82, 2.24) is 5.32 Å². The Hall–Kier alpha value is -2.77. The molecule has 0 aliphatic carbocycles. The van der Waals surface area contributed by atoms with Gasteiger partial charge in [0.2, 0.25) is 5.91 Å². The van der Waals surface area contributed by atoms with E-state index in [1.54, 1.807) is 0 Å². The largest absolute Gasteiger partial charge is 0.462 e. The highest BCUT2D eigenvalue weighted by molar-refractivity contribution is 6.30. The van der Waals surface area contributed by atoms with Crippen molar-refractivity contribution < 1.29 is 28.2 Å². The SMILES string of the molecule is CC(C)(C)C[C@@H]1N[C@@H](C(=O)OC[C@@H](O)CC(N)=O)[C@H](c2cc(Cl)ccc2F)[C@@]1(C#N)c1ccc(Cl)cc1F. The molecule has 0 aromatic heterocycles. The fourth-order valence-corrected chi connectivity index (χ4v) is 5.42. The topological polar surface area (TPSA) is 125 Å². The van der Waals surface area contributed by atoms with Gasteiger partial charge < -0.3 is 15.6 Å². The number of benzene rings is 2. The van der Waals surface area contributed by atoms with Crippen molar-refractivity contribution >= 4 is 35.1 Å². The molecule has 4 N–H and O–H groups in total.